The molecule has 2 amide bonds. The number of nitrogens with two attached hydrogens (primary N) is 1. The third kappa shape index (κ3) is 6.75. The van der Waals surface area contributed by atoms with Crippen LogP contribution in [0, 0.1) is 0 Å². The van der Waals surface area contributed by atoms with Crippen molar-refractivity contribution in [3.63, 3.8) is 0 Å². The van der Waals surface area contributed by atoms with E-state index in [2.05, 4.69) is 4.84 Å². The SMILES string of the molecule is NC(=O)CCONC(=O)CO. The van der Waals surface area contributed by atoms with Gasteiger partial charge in [-0.2, -0.15) is 0 Å². The first-order chi connectivity index (χ1) is 5.16. The van der Waals surface area contributed by atoms with Gasteiger partial charge in [0.1, 0.15) is 6.61 Å². The molecular weight excluding hydrogens is 152 g/mol. The Morgan fingerprint density at radius 1 is 1.55 bits per heavy atom. The molecule has 0 radical (unpaired) electrons. The molecule has 0 aromatic carbocycles. The van der Waals surface area contributed by atoms with Crippen LogP contribution in [0.3, 0.4) is 0 Å². The van der Waals surface area contributed by atoms with Gasteiger partial charge in [0, 0.05) is 0 Å². The minimum absolute atomic E-state index is 0.0150. The molecule has 0 fully saturated rings. The monoisotopic (exact) mass is 162 g/mol. The maximum absolute atomic E-state index is 10.3. The first-order valence-corrected chi connectivity index (χ1v) is 2.96. The molecule has 0 spiro atoms. The average Bonchev–Trinajstić information content (AvgIpc) is 1.97. The lowest BCUT2D eigenvalue weighted by Gasteiger charge is -2.01. The lowest BCUT2D eigenvalue weighted by molar-refractivity contribution is -0.137. The maximum Gasteiger partial charge on any atom is 0.269 e. The number of aliphatic hydroxyl groups is 1. The van der Waals surface area contributed by atoms with E-state index in [0.29, 0.717) is 0 Å². The van der Waals surface area contributed by atoms with Crippen LogP contribution in [-0.2, 0) is 14.4 Å². The van der Waals surface area contributed by atoms with Crippen LogP contribution in [0.5, 0.6) is 0 Å². The van der Waals surface area contributed by atoms with Gasteiger partial charge >= 0.3 is 0 Å². The van der Waals surface area contributed by atoms with E-state index in [1.807, 2.05) is 5.48 Å². The van der Waals surface area contributed by atoms with Crippen LogP contribution in [0.2, 0.25) is 0 Å². The van der Waals surface area contributed by atoms with Crippen molar-refractivity contribution in [2.45, 2.75) is 6.42 Å². The van der Waals surface area contributed by atoms with Gasteiger partial charge in [-0.3, -0.25) is 14.4 Å². The van der Waals surface area contributed by atoms with Crippen LogP contribution in [-0.4, -0.2) is 30.1 Å². The van der Waals surface area contributed by atoms with Gasteiger partial charge in [-0.25, -0.2) is 5.48 Å². The fraction of sp³-hybridized carbons (Fsp3) is 0.600. The Hall–Kier alpha value is -1.14. The van der Waals surface area contributed by atoms with E-state index in [0.717, 1.165) is 0 Å². The van der Waals surface area contributed by atoms with Crippen LogP contribution in [0.4, 0.5) is 0 Å². The maximum atomic E-state index is 10.3. The smallest absolute Gasteiger partial charge is 0.269 e. The highest BCUT2D eigenvalue weighted by Crippen LogP contribution is 1.76. The Kier molecular flexibility index (Phi) is 5.05. The molecule has 0 aliphatic carbocycles. The molecule has 0 aromatic rings. The summed E-state index contributed by atoms with van der Waals surface area (Å²) in [5.41, 5.74) is 6.65. The van der Waals surface area contributed by atoms with Crippen molar-refractivity contribution in [3.8, 4) is 0 Å². The minimum atomic E-state index is -0.658. The van der Waals surface area contributed by atoms with Crippen LogP contribution in [0.25, 0.3) is 0 Å². The topological polar surface area (TPSA) is 102 Å². The minimum Gasteiger partial charge on any atom is -0.386 e. The van der Waals surface area contributed by atoms with E-state index in [1.54, 1.807) is 0 Å². The van der Waals surface area contributed by atoms with Gasteiger partial charge in [0.05, 0.1) is 13.0 Å². The molecule has 0 atom stereocenters. The van der Waals surface area contributed by atoms with E-state index in [4.69, 9.17) is 10.8 Å². The van der Waals surface area contributed by atoms with E-state index >= 15 is 0 Å². The molecule has 0 saturated heterocycles. The number of primary amides is 1. The second-order valence-electron chi connectivity index (χ2n) is 1.75. The summed E-state index contributed by atoms with van der Waals surface area (Å²) in [5, 5.41) is 8.16. The summed E-state index contributed by atoms with van der Waals surface area (Å²) >= 11 is 0. The van der Waals surface area contributed by atoms with E-state index < -0.39 is 18.4 Å². The van der Waals surface area contributed by atoms with Crippen LogP contribution < -0.4 is 11.2 Å². The van der Waals surface area contributed by atoms with Crippen molar-refractivity contribution in [1.29, 1.82) is 0 Å². The number of nitrogens with one attached hydrogen (secondary N) is 1. The number of carbonyl (C=O) groups is 2. The molecule has 0 unspecified atom stereocenters. The summed E-state index contributed by atoms with van der Waals surface area (Å²) in [6.07, 6.45) is 0.0334. The Balaban J connectivity index is 3.14. The van der Waals surface area contributed by atoms with Gasteiger partial charge in [-0.15, -0.1) is 0 Å². The van der Waals surface area contributed by atoms with Crippen molar-refractivity contribution in [2.75, 3.05) is 13.2 Å². The molecule has 0 heterocycles. The summed E-state index contributed by atoms with van der Waals surface area (Å²) in [6.45, 7) is -0.627. The summed E-state index contributed by atoms with van der Waals surface area (Å²) in [5.74, 6) is -1.17. The number of hydrogen-bond acceptors (Lipinski definition) is 4. The molecule has 0 aliphatic heterocycles. The number of aliphatic hydroxyl groups excluding tert-OH is 1. The highest BCUT2D eigenvalue weighted by Gasteiger charge is 1.97. The summed E-state index contributed by atoms with van der Waals surface area (Å²) in [7, 11) is 0. The van der Waals surface area contributed by atoms with Crippen molar-refractivity contribution in [1.82, 2.24) is 5.48 Å². The number of carbonyl (C=O) groups excluding carboxylic acids is 2. The van der Waals surface area contributed by atoms with Crippen LogP contribution in [0.1, 0.15) is 6.42 Å². The third-order valence-corrected chi connectivity index (χ3v) is 0.780. The first-order valence-electron chi connectivity index (χ1n) is 2.96. The Morgan fingerprint density at radius 3 is 2.64 bits per heavy atom. The number of rotatable bonds is 5. The Bertz CT molecular complexity index is 147. The zero-order chi connectivity index (χ0) is 8.69. The molecule has 6 heteroatoms. The fourth-order valence-electron chi connectivity index (χ4n) is 0.315. The van der Waals surface area contributed by atoms with Gasteiger partial charge < -0.3 is 10.8 Å². The predicted octanol–water partition coefficient (Wildman–Crippen LogP) is -2.10. The van der Waals surface area contributed by atoms with Crippen LogP contribution >= 0.6 is 0 Å². The van der Waals surface area contributed by atoms with Gasteiger partial charge in [-0.05, 0) is 0 Å². The average molecular weight is 162 g/mol. The predicted molar refractivity (Wildman–Crippen MR) is 35.0 cm³/mol. The second kappa shape index (κ2) is 5.63. The molecule has 4 N–H and O–H groups in total. The van der Waals surface area contributed by atoms with E-state index in [1.165, 1.54) is 0 Å². The largest absolute Gasteiger partial charge is 0.386 e. The zero-order valence-electron chi connectivity index (χ0n) is 5.87. The lowest BCUT2D eigenvalue weighted by atomic mass is 10.4. The highest BCUT2D eigenvalue weighted by atomic mass is 16.7. The van der Waals surface area contributed by atoms with Crippen LogP contribution in [0.15, 0.2) is 0 Å². The molecule has 0 aromatic heterocycles. The molecular formula is C5H10N2O4. The molecule has 0 saturated carbocycles. The number of hydrogen-bond donors (Lipinski definition) is 3. The van der Waals surface area contributed by atoms with Gasteiger partial charge in [0.15, 0.2) is 0 Å². The molecule has 64 valence electrons. The Labute approximate surface area is 63.3 Å². The van der Waals surface area contributed by atoms with E-state index in [-0.39, 0.29) is 13.0 Å². The fourth-order valence-corrected chi connectivity index (χ4v) is 0.315. The third-order valence-electron chi connectivity index (χ3n) is 0.780. The van der Waals surface area contributed by atoms with Crippen molar-refractivity contribution in [2.24, 2.45) is 5.73 Å². The Morgan fingerprint density at radius 2 is 2.18 bits per heavy atom. The quantitative estimate of drug-likeness (QED) is 0.318. The molecule has 6 nitrogen and oxygen atoms in total. The summed E-state index contributed by atoms with van der Waals surface area (Å²) < 4.78 is 0. The number of amides is 2. The van der Waals surface area contributed by atoms with E-state index in [9.17, 15) is 9.59 Å². The lowest BCUT2D eigenvalue weighted by Crippen LogP contribution is -2.28. The van der Waals surface area contributed by atoms with Crippen molar-refractivity contribution >= 4 is 11.8 Å². The standard InChI is InChI=1S/C5H10N2O4/c6-4(9)1-2-11-7-5(10)3-8/h8H,1-3H2,(H2,6,9)(H,7,10). The highest BCUT2D eigenvalue weighted by molar-refractivity contribution is 5.76. The summed E-state index contributed by atoms with van der Waals surface area (Å²) in [6, 6.07) is 0. The van der Waals surface area contributed by atoms with Gasteiger partial charge in [0.2, 0.25) is 5.91 Å². The van der Waals surface area contributed by atoms with Crippen molar-refractivity contribution < 1.29 is 19.5 Å². The molecule has 0 aliphatic rings. The first kappa shape index (κ1) is 9.86. The molecule has 0 rings (SSSR count). The summed E-state index contributed by atoms with van der Waals surface area (Å²) in [4.78, 5) is 24.8. The second-order valence-corrected chi connectivity index (χ2v) is 1.75. The molecule has 0 bridgehead atoms. The molecule has 11 heavy (non-hydrogen) atoms. The number of hydroxylamine groups is 1. The zero-order valence-corrected chi connectivity index (χ0v) is 5.87. The van der Waals surface area contributed by atoms with Gasteiger partial charge in [-0.1, -0.05) is 0 Å². The van der Waals surface area contributed by atoms with Crippen molar-refractivity contribution in [3.05, 3.63) is 0 Å². The normalized spacial score (nSPS) is 9.18. The van der Waals surface area contributed by atoms with Gasteiger partial charge in [0.25, 0.3) is 5.91 Å².